The molecule has 0 N–H and O–H groups in total. The zero-order valence-corrected chi connectivity index (χ0v) is 21.6. The molecule has 0 fully saturated rings. The fourth-order valence-electron chi connectivity index (χ4n) is 3.31. The molecule has 0 aromatic heterocycles. The third-order valence-corrected chi connectivity index (χ3v) is 6.39. The number of carbonyl (C=O) groups is 1. The molecule has 0 aliphatic rings. The van der Waals surface area contributed by atoms with Crippen LogP contribution in [0.5, 0.6) is 5.75 Å². The molecule has 5 nitrogen and oxygen atoms in total. The molecule has 0 saturated heterocycles. The van der Waals surface area contributed by atoms with Crippen molar-refractivity contribution in [2.75, 3.05) is 19.7 Å². The van der Waals surface area contributed by atoms with E-state index in [1.54, 1.807) is 30.3 Å². The predicted molar refractivity (Wildman–Crippen MR) is 138 cm³/mol. The van der Waals surface area contributed by atoms with Gasteiger partial charge in [-0.15, -0.1) is 0 Å². The summed E-state index contributed by atoms with van der Waals surface area (Å²) in [6.45, 7) is 8.37. The first kappa shape index (κ1) is 29.0. The number of esters is 1. The van der Waals surface area contributed by atoms with E-state index in [9.17, 15) is 9.00 Å². The second kappa shape index (κ2) is 19.4. The number of unbranched alkanes of at least 4 members (excludes halogenated alkanes) is 9. The summed E-state index contributed by atoms with van der Waals surface area (Å²) in [6.07, 6.45) is 17.3. The number of carbonyl (C=O) groups excluding carboxylic acids is 1. The quantitative estimate of drug-likeness (QED) is 0.0935. The maximum absolute atomic E-state index is 12.7. The van der Waals surface area contributed by atoms with Gasteiger partial charge in [-0.2, -0.15) is 0 Å². The van der Waals surface area contributed by atoms with Crippen LogP contribution in [0.25, 0.3) is 0 Å². The lowest BCUT2D eigenvalue weighted by Gasteiger charge is -2.14. The number of rotatable bonds is 19. The van der Waals surface area contributed by atoms with E-state index in [2.05, 4.69) is 25.7 Å². The molecule has 0 bridgehead atoms. The van der Waals surface area contributed by atoms with Crippen molar-refractivity contribution in [1.29, 1.82) is 0 Å². The second-order valence-corrected chi connectivity index (χ2v) is 9.12. The van der Waals surface area contributed by atoms with Crippen LogP contribution in [0.3, 0.4) is 0 Å². The van der Waals surface area contributed by atoms with Gasteiger partial charge < -0.3 is 13.8 Å². The van der Waals surface area contributed by atoms with Gasteiger partial charge in [-0.1, -0.05) is 82.9 Å². The SMILES string of the molecule is CCCCCCCCCCCCOC(=O)C(=CC=CN(CC)CC)S(=O)Oc1ccccc1. The molecule has 6 heteroatoms. The Morgan fingerprint density at radius 1 is 0.879 bits per heavy atom. The fraction of sp³-hybridized carbons (Fsp3) is 0.593. The first-order valence-electron chi connectivity index (χ1n) is 12.6. The molecule has 1 atom stereocenters. The lowest BCUT2D eigenvalue weighted by atomic mass is 10.1. The van der Waals surface area contributed by atoms with Crippen LogP contribution in [-0.4, -0.2) is 34.8 Å². The van der Waals surface area contributed by atoms with Crippen molar-refractivity contribution in [2.24, 2.45) is 0 Å². The summed E-state index contributed by atoms with van der Waals surface area (Å²) in [7, 11) is 0. The Morgan fingerprint density at radius 2 is 1.45 bits per heavy atom. The van der Waals surface area contributed by atoms with Crippen LogP contribution < -0.4 is 4.18 Å². The number of nitrogens with zero attached hydrogens (tertiary/aromatic N) is 1. The highest BCUT2D eigenvalue weighted by atomic mass is 32.2. The Morgan fingerprint density at radius 3 is 2.03 bits per heavy atom. The Kier molecular flexibility index (Phi) is 17.0. The fourth-order valence-corrected chi connectivity index (χ4v) is 4.07. The van der Waals surface area contributed by atoms with Gasteiger partial charge in [0.25, 0.3) is 0 Å². The van der Waals surface area contributed by atoms with E-state index < -0.39 is 17.0 Å². The summed E-state index contributed by atoms with van der Waals surface area (Å²) in [6, 6.07) is 8.84. The molecule has 0 radical (unpaired) electrons. The molecule has 0 heterocycles. The smallest absolute Gasteiger partial charge is 0.350 e. The predicted octanol–water partition coefficient (Wildman–Crippen LogP) is 6.93. The van der Waals surface area contributed by atoms with Crippen LogP contribution in [0.15, 0.2) is 53.6 Å². The van der Waals surface area contributed by atoms with E-state index in [1.807, 2.05) is 12.3 Å². The van der Waals surface area contributed by atoms with Crippen molar-refractivity contribution in [3.8, 4) is 5.75 Å². The van der Waals surface area contributed by atoms with Gasteiger partial charge in [-0.25, -0.2) is 9.00 Å². The monoisotopic (exact) mass is 477 g/mol. The van der Waals surface area contributed by atoms with E-state index in [4.69, 9.17) is 8.92 Å². The number of allylic oxidation sites excluding steroid dienone is 2. The van der Waals surface area contributed by atoms with Crippen LogP contribution in [0.1, 0.15) is 85.0 Å². The molecule has 0 aliphatic heterocycles. The molecular formula is C27H43NO4S. The zero-order valence-electron chi connectivity index (χ0n) is 20.8. The van der Waals surface area contributed by atoms with Crippen molar-refractivity contribution in [2.45, 2.75) is 85.0 Å². The van der Waals surface area contributed by atoms with E-state index in [0.29, 0.717) is 12.4 Å². The Bertz CT molecular complexity index is 714. The Hall–Kier alpha value is -2.08. The summed E-state index contributed by atoms with van der Waals surface area (Å²) >= 11 is -1.96. The molecule has 0 amide bonds. The van der Waals surface area contributed by atoms with Crippen LogP contribution in [0.2, 0.25) is 0 Å². The summed E-state index contributed by atoms with van der Waals surface area (Å²) in [4.78, 5) is 14.7. The second-order valence-electron chi connectivity index (χ2n) is 8.04. The number of benzene rings is 1. The molecule has 1 aromatic rings. The summed E-state index contributed by atoms with van der Waals surface area (Å²) in [5.41, 5.74) is 0. The van der Waals surface area contributed by atoms with E-state index in [1.165, 1.54) is 51.0 Å². The summed E-state index contributed by atoms with van der Waals surface area (Å²) in [5, 5.41) is 0. The average molecular weight is 478 g/mol. The molecule has 1 aromatic carbocycles. The van der Waals surface area contributed by atoms with Crippen LogP contribution in [-0.2, 0) is 20.6 Å². The number of ether oxygens (including phenoxy) is 1. The lowest BCUT2D eigenvalue weighted by molar-refractivity contribution is -0.138. The van der Waals surface area contributed by atoms with Crippen molar-refractivity contribution < 1.29 is 17.9 Å². The van der Waals surface area contributed by atoms with Gasteiger partial charge >= 0.3 is 5.97 Å². The number of hydrogen-bond acceptors (Lipinski definition) is 5. The van der Waals surface area contributed by atoms with Gasteiger partial charge in [0.2, 0.25) is 11.1 Å². The number of para-hydroxylation sites is 1. The van der Waals surface area contributed by atoms with Crippen LogP contribution in [0.4, 0.5) is 0 Å². The van der Waals surface area contributed by atoms with Crippen molar-refractivity contribution in [3.05, 3.63) is 53.6 Å². The van der Waals surface area contributed by atoms with Gasteiger partial charge in [0.05, 0.1) is 6.61 Å². The standard InChI is InChI=1S/C27H43NO4S/c1-4-7-8-9-10-11-12-13-14-18-24-31-27(29)26(22-19-23-28(5-2)6-3)33(30)32-25-20-16-15-17-21-25/h15-17,19-23H,4-14,18,24H2,1-3H3. The van der Waals surface area contributed by atoms with Crippen molar-refractivity contribution in [3.63, 3.8) is 0 Å². The normalized spacial score (nSPS) is 12.6. The lowest BCUT2D eigenvalue weighted by Crippen LogP contribution is -2.17. The molecule has 186 valence electrons. The highest BCUT2D eigenvalue weighted by Gasteiger charge is 2.20. The van der Waals surface area contributed by atoms with Gasteiger partial charge in [0.15, 0.2) is 4.91 Å². The minimum Gasteiger partial charge on any atom is -0.462 e. The van der Waals surface area contributed by atoms with Crippen LogP contribution >= 0.6 is 0 Å². The zero-order chi connectivity index (χ0) is 24.2. The van der Waals surface area contributed by atoms with Gasteiger partial charge in [0.1, 0.15) is 5.75 Å². The van der Waals surface area contributed by atoms with Crippen molar-refractivity contribution in [1.82, 2.24) is 4.90 Å². The maximum atomic E-state index is 12.7. The van der Waals surface area contributed by atoms with E-state index in [-0.39, 0.29) is 4.91 Å². The average Bonchev–Trinajstić information content (AvgIpc) is 2.83. The van der Waals surface area contributed by atoms with Crippen molar-refractivity contribution >= 4 is 17.0 Å². The molecule has 33 heavy (non-hydrogen) atoms. The maximum Gasteiger partial charge on any atom is 0.350 e. The summed E-state index contributed by atoms with van der Waals surface area (Å²) < 4.78 is 23.6. The Labute approximate surface area is 203 Å². The molecule has 1 rings (SSSR count). The molecule has 0 aliphatic carbocycles. The van der Waals surface area contributed by atoms with E-state index in [0.717, 1.165) is 32.4 Å². The number of hydrogen-bond donors (Lipinski definition) is 0. The topological polar surface area (TPSA) is 55.8 Å². The third-order valence-electron chi connectivity index (χ3n) is 5.38. The van der Waals surface area contributed by atoms with Crippen LogP contribution in [0, 0.1) is 0 Å². The van der Waals surface area contributed by atoms with E-state index >= 15 is 0 Å². The minimum absolute atomic E-state index is 0.00865. The van der Waals surface area contributed by atoms with Gasteiger partial charge in [-0.3, -0.25) is 0 Å². The highest BCUT2D eigenvalue weighted by Crippen LogP contribution is 2.16. The van der Waals surface area contributed by atoms with Gasteiger partial charge in [-0.05, 0) is 50.8 Å². The molecular weight excluding hydrogens is 434 g/mol. The minimum atomic E-state index is -1.96. The first-order valence-corrected chi connectivity index (χ1v) is 13.6. The first-order chi connectivity index (χ1) is 16.1. The molecule has 0 saturated carbocycles. The highest BCUT2D eigenvalue weighted by molar-refractivity contribution is 7.85. The third kappa shape index (κ3) is 13.9. The molecule has 0 spiro atoms. The largest absolute Gasteiger partial charge is 0.462 e. The molecule has 1 unspecified atom stereocenters. The van der Waals surface area contributed by atoms with Gasteiger partial charge in [0, 0.05) is 13.1 Å². The summed E-state index contributed by atoms with van der Waals surface area (Å²) in [5.74, 6) is -0.152. The Balaban J connectivity index is 2.49.